The minimum absolute atomic E-state index is 0.0503. The zero-order chi connectivity index (χ0) is 25.2. The van der Waals surface area contributed by atoms with Crippen LogP contribution >= 0.6 is 0 Å². The number of nitrogens with zero attached hydrogens (tertiary/aromatic N) is 3. The molecule has 5 rings (SSSR count). The largest absolute Gasteiger partial charge is 0.384 e. The summed E-state index contributed by atoms with van der Waals surface area (Å²) in [5.74, 6) is 0.0879. The van der Waals surface area contributed by atoms with Gasteiger partial charge in [-0.15, -0.1) is 0 Å². The number of hydrogen-bond donors (Lipinski definition) is 4. The van der Waals surface area contributed by atoms with E-state index in [-0.39, 0.29) is 11.7 Å². The standard InChI is InChI=1S/C27H27N7O2/c28-25(29)20-8-7-19-13-23(27(36)32-21-9-10-24(31-15-21)33-11-1-2-12-33)34(22(19)14-20)16-17-3-5-18(6-4-17)26(30)35/h3-10,13-15H,1-2,11-12,16H2,(H3,28,29)(H2,30,35)(H,32,36). The Balaban J connectivity index is 1.47. The van der Waals surface area contributed by atoms with Gasteiger partial charge in [0.1, 0.15) is 17.3 Å². The van der Waals surface area contributed by atoms with Gasteiger partial charge in [-0.3, -0.25) is 15.0 Å². The smallest absolute Gasteiger partial charge is 0.272 e. The van der Waals surface area contributed by atoms with E-state index in [1.165, 1.54) is 12.8 Å². The zero-order valence-electron chi connectivity index (χ0n) is 19.7. The number of primary amides is 1. The molecule has 9 nitrogen and oxygen atoms in total. The monoisotopic (exact) mass is 481 g/mol. The third-order valence-electron chi connectivity index (χ3n) is 6.46. The maximum absolute atomic E-state index is 13.4. The molecule has 1 aliphatic heterocycles. The van der Waals surface area contributed by atoms with Crippen molar-refractivity contribution in [1.82, 2.24) is 9.55 Å². The van der Waals surface area contributed by atoms with E-state index in [0.717, 1.165) is 35.4 Å². The summed E-state index contributed by atoms with van der Waals surface area (Å²) in [6.45, 7) is 2.38. The summed E-state index contributed by atoms with van der Waals surface area (Å²) < 4.78 is 1.88. The Kier molecular flexibility index (Phi) is 6.12. The number of hydrogen-bond acceptors (Lipinski definition) is 5. The lowest BCUT2D eigenvalue weighted by Gasteiger charge is -2.16. The summed E-state index contributed by atoms with van der Waals surface area (Å²) in [5, 5.41) is 11.6. The van der Waals surface area contributed by atoms with Crippen LogP contribution in [0.4, 0.5) is 11.5 Å². The fraction of sp³-hybridized carbons (Fsp3) is 0.185. The van der Waals surface area contributed by atoms with Crippen LogP contribution in [0.1, 0.15) is 44.8 Å². The van der Waals surface area contributed by atoms with E-state index in [4.69, 9.17) is 16.9 Å². The number of rotatable bonds is 7. The number of nitrogens with two attached hydrogens (primary N) is 2. The van der Waals surface area contributed by atoms with E-state index >= 15 is 0 Å². The molecule has 2 aromatic heterocycles. The number of anilines is 2. The molecule has 3 heterocycles. The maximum Gasteiger partial charge on any atom is 0.272 e. The summed E-state index contributed by atoms with van der Waals surface area (Å²) in [6.07, 6.45) is 4.01. The Morgan fingerprint density at radius 1 is 0.944 bits per heavy atom. The normalized spacial score (nSPS) is 13.2. The SMILES string of the molecule is N=C(N)c1ccc2cc(C(=O)Nc3ccc(N4CCCC4)nc3)n(Cc3ccc(C(N)=O)cc3)c2c1. The molecular formula is C27H27N7O2. The summed E-state index contributed by atoms with van der Waals surface area (Å²) in [7, 11) is 0. The number of amidine groups is 1. The van der Waals surface area contributed by atoms with E-state index in [0.29, 0.717) is 29.1 Å². The molecular weight excluding hydrogens is 454 g/mol. The van der Waals surface area contributed by atoms with Gasteiger partial charge >= 0.3 is 0 Å². The molecule has 2 amide bonds. The van der Waals surface area contributed by atoms with E-state index in [1.807, 2.05) is 41.0 Å². The van der Waals surface area contributed by atoms with E-state index in [9.17, 15) is 9.59 Å². The second-order valence-electron chi connectivity index (χ2n) is 8.92. The number of benzene rings is 2. The molecule has 2 aromatic carbocycles. The predicted molar refractivity (Wildman–Crippen MR) is 141 cm³/mol. The third kappa shape index (κ3) is 4.63. The van der Waals surface area contributed by atoms with Gasteiger partial charge in [0.25, 0.3) is 5.91 Å². The Morgan fingerprint density at radius 3 is 2.31 bits per heavy atom. The highest BCUT2D eigenvalue weighted by Crippen LogP contribution is 2.25. The van der Waals surface area contributed by atoms with Crippen molar-refractivity contribution in [2.45, 2.75) is 19.4 Å². The number of carbonyl (C=O) groups excluding carboxylic acids is 2. The van der Waals surface area contributed by atoms with Crippen LogP contribution in [-0.4, -0.2) is 40.3 Å². The van der Waals surface area contributed by atoms with Crippen LogP contribution in [-0.2, 0) is 6.54 Å². The zero-order valence-corrected chi connectivity index (χ0v) is 19.7. The molecule has 0 bridgehead atoms. The van der Waals surface area contributed by atoms with Crippen LogP contribution in [0.15, 0.2) is 66.9 Å². The molecule has 0 unspecified atom stereocenters. The van der Waals surface area contributed by atoms with Crippen molar-refractivity contribution in [1.29, 1.82) is 5.41 Å². The average Bonchev–Trinajstić information content (AvgIpc) is 3.53. The number of nitrogen functional groups attached to an aromatic ring is 1. The molecule has 9 heteroatoms. The van der Waals surface area contributed by atoms with Crippen molar-refractivity contribution in [3.05, 3.63) is 89.2 Å². The lowest BCUT2D eigenvalue weighted by atomic mass is 10.1. The molecule has 0 spiro atoms. The summed E-state index contributed by atoms with van der Waals surface area (Å²) >= 11 is 0. The topological polar surface area (TPSA) is 143 Å². The number of carbonyl (C=O) groups is 2. The first kappa shape index (κ1) is 23.1. The van der Waals surface area contributed by atoms with Crippen molar-refractivity contribution in [2.24, 2.45) is 11.5 Å². The van der Waals surface area contributed by atoms with Crippen LogP contribution in [0, 0.1) is 5.41 Å². The second-order valence-corrected chi connectivity index (χ2v) is 8.92. The highest BCUT2D eigenvalue weighted by molar-refractivity contribution is 6.07. The lowest BCUT2D eigenvalue weighted by Crippen LogP contribution is -2.20. The summed E-state index contributed by atoms with van der Waals surface area (Å²) in [5.41, 5.74) is 14.8. The number of pyridine rings is 1. The Bertz CT molecular complexity index is 1450. The molecule has 1 aliphatic rings. The predicted octanol–water partition coefficient (Wildman–Crippen LogP) is 3.32. The van der Waals surface area contributed by atoms with E-state index < -0.39 is 5.91 Å². The van der Waals surface area contributed by atoms with Gasteiger partial charge in [-0.25, -0.2) is 4.98 Å². The first-order valence-corrected chi connectivity index (χ1v) is 11.8. The number of fused-ring (bicyclic) bond motifs is 1. The molecule has 182 valence electrons. The quantitative estimate of drug-likeness (QED) is 0.236. The average molecular weight is 482 g/mol. The Hall–Kier alpha value is -4.66. The molecule has 1 saturated heterocycles. The Morgan fingerprint density at radius 2 is 1.67 bits per heavy atom. The third-order valence-corrected chi connectivity index (χ3v) is 6.46. The van der Waals surface area contributed by atoms with Crippen LogP contribution in [0.2, 0.25) is 0 Å². The molecule has 0 atom stereocenters. The van der Waals surface area contributed by atoms with Crippen LogP contribution < -0.4 is 21.7 Å². The van der Waals surface area contributed by atoms with Crippen LogP contribution in [0.25, 0.3) is 10.9 Å². The van der Waals surface area contributed by atoms with Crippen LogP contribution in [0.3, 0.4) is 0 Å². The van der Waals surface area contributed by atoms with Crippen molar-refractivity contribution in [2.75, 3.05) is 23.3 Å². The van der Waals surface area contributed by atoms with Crippen LogP contribution in [0.5, 0.6) is 0 Å². The maximum atomic E-state index is 13.4. The molecule has 1 fully saturated rings. The first-order chi connectivity index (χ1) is 17.4. The van der Waals surface area contributed by atoms with Gasteiger partial charge in [-0.1, -0.05) is 24.3 Å². The van der Waals surface area contributed by atoms with Crippen molar-refractivity contribution >= 4 is 40.1 Å². The van der Waals surface area contributed by atoms with Gasteiger partial charge in [0.2, 0.25) is 5.91 Å². The number of aromatic nitrogens is 2. The second kappa shape index (κ2) is 9.53. The van der Waals surface area contributed by atoms with Gasteiger partial charge in [-0.05, 0) is 54.8 Å². The van der Waals surface area contributed by atoms with Gasteiger partial charge in [-0.2, -0.15) is 0 Å². The fourth-order valence-electron chi connectivity index (χ4n) is 4.53. The highest BCUT2D eigenvalue weighted by atomic mass is 16.2. The molecule has 6 N–H and O–H groups in total. The summed E-state index contributed by atoms with van der Waals surface area (Å²) in [4.78, 5) is 31.6. The highest BCUT2D eigenvalue weighted by Gasteiger charge is 2.18. The van der Waals surface area contributed by atoms with Crippen molar-refractivity contribution in [3.63, 3.8) is 0 Å². The minimum atomic E-state index is -0.497. The number of amides is 2. The van der Waals surface area contributed by atoms with Crippen molar-refractivity contribution < 1.29 is 9.59 Å². The molecule has 36 heavy (non-hydrogen) atoms. The Labute approximate surface area is 208 Å². The van der Waals surface area contributed by atoms with Gasteiger partial charge < -0.3 is 26.3 Å². The van der Waals surface area contributed by atoms with E-state index in [2.05, 4.69) is 15.2 Å². The van der Waals surface area contributed by atoms with E-state index in [1.54, 1.807) is 30.5 Å². The molecule has 0 radical (unpaired) electrons. The van der Waals surface area contributed by atoms with Gasteiger partial charge in [0.15, 0.2) is 0 Å². The fourth-order valence-corrected chi connectivity index (χ4v) is 4.53. The first-order valence-electron chi connectivity index (χ1n) is 11.8. The summed E-state index contributed by atoms with van der Waals surface area (Å²) in [6, 6.07) is 18.0. The molecule has 0 saturated carbocycles. The van der Waals surface area contributed by atoms with Gasteiger partial charge in [0.05, 0.1) is 11.9 Å². The molecule has 4 aromatic rings. The van der Waals surface area contributed by atoms with Gasteiger partial charge in [0, 0.05) is 41.7 Å². The minimum Gasteiger partial charge on any atom is -0.384 e. The molecule has 0 aliphatic carbocycles. The lowest BCUT2D eigenvalue weighted by molar-refractivity contribution is 0.0997. The number of nitrogens with one attached hydrogen (secondary N) is 2. The van der Waals surface area contributed by atoms with Crippen molar-refractivity contribution in [3.8, 4) is 0 Å².